The Kier molecular flexibility index (Phi) is 3.87. The van der Waals surface area contributed by atoms with Gasteiger partial charge in [0.05, 0.1) is 0 Å². The zero-order chi connectivity index (χ0) is 15.0. The summed E-state index contributed by atoms with van der Waals surface area (Å²) in [6.45, 7) is 0.800. The number of benzene rings is 1. The minimum atomic E-state index is -0.813. The molecule has 2 aromatic rings. The summed E-state index contributed by atoms with van der Waals surface area (Å²) in [6, 6.07) is 7.37. The van der Waals surface area contributed by atoms with Gasteiger partial charge in [-0.05, 0) is 24.6 Å². The zero-order valence-electron chi connectivity index (χ0n) is 11.7. The van der Waals surface area contributed by atoms with Crippen LogP contribution in [0.15, 0.2) is 24.3 Å². The number of carbonyl (C=O) groups is 1. The van der Waals surface area contributed by atoms with Crippen molar-refractivity contribution in [2.24, 2.45) is 7.05 Å². The predicted octanol–water partition coefficient (Wildman–Crippen LogP) is 2.26. The first-order valence-corrected chi connectivity index (χ1v) is 7.33. The van der Waals surface area contributed by atoms with Crippen LogP contribution >= 0.6 is 11.6 Å². The lowest BCUT2D eigenvalue weighted by molar-refractivity contribution is 0.0942. The SMILES string of the molecule is Cn1c(C(=O)NC[C@@H]2C[C@H](F)CN2)cc2ccc(Cl)cc21. The average Bonchev–Trinajstić information content (AvgIpc) is 3.01. The molecule has 1 saturated heterocycles. The molecule has 1 amide bonds. The summed E-state index contributed by atoms with van der Waals surface area (Å²) in [5.41, 5.74) is 1.48. The van der Waals surface area contributed by atoms with Gasteiger partial charge in [-0.25, -0.2) is 4.39 Å². The predicted molar refractivity (Wildman–Crippen MR) is 81.6 cm³/mol. The monoisotopic (exact) mass is 309 g/mol. The maximum atomic E-state index is 13.1. The number of hydrogen-bond donors (Lipinski definition) is 2. The van der Waals surface area contributed by atoms with Gasteiger partial charge in [0.15, 0.2) is 0 Å². The highest BCUT2D eigenvalue weighted by Gasteiger charge is 2.24. The fraction of sp³-hybridized carbons (Fsp3) is 0.400. The molecule has 112 valence electrons. The maximum Gasteiger partial charge on any atom is 0.267 e. The van der Waals surface area contributed by atoms with Crippen molar-refractivity contribution in [3.8, 4) is 0 Å². The summed E-state index contributed by atoms with van der Waals surface area (Å²) in [5, 5.41) is 7.51. The molecule has 0 aliphatic carbocycles. The number of fused-ring (bicyclic) bond motifs is 1. The number of hydrogen-bond acceptors (Lipinski definition) is 2. The molecule has 2 N–H and O–H groups in total. The second kappa shape index (κ2) is 5.66. The number of rotatable bonds is 3. The summed E-state index contributed by atoms with van der Waals surface area (Å²) in [6.07, 6.45) is -0.364. The summed E-state index contributed by atoms with van der Waals surface area (Å²) in [7, 11) is 1.83. The van der Waals surface area contributed by atoms with Crippen LogP contribution in [0.4, 0.5) is 4.39 Å². The van der Waals surface area contributed by atoms with Crippen molar-refractivity contribution in [2.75, 3.05) is 13.1 Å². The number of halogens is 2. The largest absolute Gasteiger partial charge is 0.349 e. The molecule has 1 aromatic carbocycles. The molecule has 4 nitrogen and oxygen atoms in total. The highest BCUT2D eigenvalue weighted by atomic mass is 35.5. The van der Waals surface area contributed by atoms with E-state index in [0.29, 0.717) is 30.2 Å². The Morgan fingerprint density at radius 2 is 2.33 bits per heavy atom. The second-order valence-corrected chi connectivity index (χ2v) is 5.88. The number of nitrogens with zero attached hydrogens (tertiary/aromatic N) is 1. The fourth-order valence-electron chi connectivity index (χ4n) is 2.75. The van der Waals surface area contributed by atoms with Crippen LogP contribution in [-0.2, 0) is 7.05 Å². The van der Waals surface area contributed by atoms with Crippen LogP contribution in [0.3, 0.4) is 0 Å². The van der Waals surface area contributed by atoms with E-state index in [4.69, 9.17) is 11.6 Å². The number of alkyl halides is 1. The molecular formula is C15H17ClFN3O. The van der Waals surface area contributed by atoms with Crippen LogP contribution in [0, 0.1) is 0 Å². The Balaban J connectivity index is 1.74. The van der Waals surface area contributed by atoms with Gasteiger partial charge >= 0.3 is 0 Å². The minimum absolute atomic E-state index is 0.00748. The van der Waals surface area contributed by atoms with Gasteiger partial charge < -0.3 is 15.2 Å². The third-order valence-electron chi connectivity index (χ3n) is 3.92. The Morgan fingerprint density at radius 1 is 1.52 bits per heavy atom. The molecule has 2 heterocycles. The van der Waals surface area contributed by atoms with Gasteiger partial charge in [-0.2, -0.15) is 0 Å². The smallest absolute Gasteiger partial charge is 0.267 e. The molecule has 6 heteroatoms. The quantitative estimate of drug-likeness (QED) is 0.913. The summed E-state index contributed by atoms with van der Waals surface area (Å²) in [4.78, 5) is 12.3. The number of aryl methyl sites for hydroxylation is 1. The Labute approximate surface area is 127 Å². The summed E-state index contributed by atoms with van der Waals surface area (Å²) in [5.74, 6) is -0.158. The second-order valence-electron chi connectivity index (χ2n) is 5.44. The third kappa shape index (κ3) is 2.89. The highest BCUT2D eigenvalue weighted by molar-refractivity contribution is 6.31. The molecule has 0 unspecified atom stereocenters. The maximum absolute atomic E-state index is 13.1. The Hall–Kier alpha value is -1.59. The minimum Gasteiger partial charge on any atom is -0.349 e. The van der Waals surface area contributed by atoms with Gasteiger partial charge in [-0.15, -0.1) is 0 Å². The van der Waals surface area contributed by atoms with E-state index in [9.17, 15) is 9.18 Å². The van der Waals surface area contributed by atoms with E-state index in [2.05, 4.69) is 10.6 Å². The first kappa shape index (κ1) is 14.4. The van der Waals surface area contributed by atoms with Crippen molar-refractivity contribution >= 4 is 28.4 Å². The number of aromatic nitrogens is 1. The van der Waals surface area contributed by atoms with Crippen molar-refractivity contribution in [3.05, 3.63) is 35.0 Å². The van der Waals surface area contributed by atoms with Crippen molar-refractivity contribution in [1.29, 1.82) is 0 Å². The van der Waals surface area contributed by atoms with Gasteiger partial charge in [-0.1, -0.05) is 17.7 Å². The molecular weight excluding hydrogens is 293 g/mol. The number of carbonyl (C=O) groups excluding carboxylic acids is 1. The van der Waals surface area contributed by atoms with Crippen molar-refractivity contribution in [2.45, 2.75) is 18.6 Å². The van der Waals surface area contributed by atoms with Crippen LogP contribution in [0.2, 0.25) is 5.02 Å². The van der Waals surface area contributed by atoms with Crippen molar-refractivity contribution in [3.63, 3.8) is 0 Å². The van der Waals surface area contributed by atoms with E-state index >= 15 is 0 Å². The molecule has 1 fully saturated rings. The van der Waals surface area contributed by atoms with E-state index in [1.54, 1.807) is 6.07 Å². The van der Waals surface area contributed by atoms with E-state index in [-0.39, 0.29) is 11.9 Å². The topological polar surface area (TPSA) is 46.1 Å². The molecule has 0 bridgehead atoms. The first-order valence-electron chi connectivity index (χ1n) is 6.95. The van der Waals surface area contributed by atoms with Crippen LogP contribution in [0.25, 0.3) is 10.9 Å². The molecule has 0 radical (unpaired) electrons. The van der Waals surface area contributed by atoms with E-state index < -0.39 is 6.17 Å². The Bertz CT molecular complexity index is 685. The lowest BCUT2D eigenvalue weighted by Crippen LogP contribution is -2.37. The molecule has 1 aliphatic heterocycles. The average molecular weight is 310 g/mol. The number of amides is 1. The van der Waals surface area contributed by atoms with Gasteiger partial charge in [0.1, 0.15) is 11.9 Å². The molecule has 21 heavy (non-hydrogen) atoms. The van der Waals surface area contributed by atoms with Crippen molar-refractivity contribution < 1.29 is 9.18 Å². The van der Waals surface area contributed by atoms with Gasteiger partial charge in [-0.3, -0.25) is 4.79 Å². The molecule has 0 saturated carbocycles. The highest BCUT2D eigenvalue weighted by Crippen LogP contribution is 2.22. The lowest BCUT2D eigenvalue weighted by atomic mass is 10.2. The molecule has 1 aliphatic rings. The Morgan fingerprint density at radius 3 is 3.05 bits per heavy atom. The molecule has 1 aromatic heterocycles. The van der Waals surface area contributed by atoms with Crippen LogP contribution < -0.4 is 10.6 Å². The molecule has 0 spiro atoms. The van der Waals surface area contributed by atoms with Crippen molar-refractivity contribution in [1.82, 2.24) is 15.2 Å². The van der Waals surface area contributed by atoms with Crippen LogP contribution in [0.1, 0.15) is 16.9 Å². The fourth-order valence-corrected chi connectivity index (χ4v) is 2.92. The number of nitrogens with one attached hydrogen (secondary N) is 2. The summed E-state index contributed by atoms with van der Waals surface area (Å²) >= 11 is 5.98. The van der Waals surface area contributed by atoms with E-state index in [0.717, 1.165) is 10.9 Å². The standard InChI is InChI=1S/C15H17ClFN3O/c1-20-13-5-10(16)3-2-9(13)4-14(20)15(21)19-8-12-6-11(17)7-18-12/h2-5,11-12,18H,6-8H2,1H3,(H,19,21)/t11-,12-/m0/s1. The van der Waals surface area contributed by atoms with Gasteiger partial charge in [0, 0.05) is 42.1 Å². The van der Waals surface area contributed by atoms with Gasteiger partial charge in [0.25, 0.3) is 5.91 Å². The molecule has 2 atom stereocenters. The summed E-state index contributed by atoms with van der Waals surface area (Å²) < 4.78 is 14.9. The van der Waals surface area contributed by atoms with E-state index in [1.807, 2.05) is 29.8 Å². The van der Waals surface area contributed by atoms with Crippen LogP contribution in [0.5, 0.6) is 0 Å². The normalized spacial score (nSPS) is 21.9. The van der Waals surface area contributed by atoms with Gasteiger partial charge in [0.2, 0.25) is 0 Å². The first-order chi connectivity index (χ1) is 10.0. The lowest BCUT2D eigenvalue weighted by Gasteiger charge is -2.11. The van der Waals surface area contributed by atoms with E-state index in [1.165, 1.54) is 0 Å². The zero-order valence-corrected chi connectivity index (χ0v) is 12.5. The van der Waals surface area contributed by atoms with Crippen LogP contribution in [-0.4, -0.2) is 35.8 Å². The third-order valence-corrected chi connectivity index (χ3v) is 4.15. The molecule has 3 rings (SSSR count).